The van der Waals surface area contributed by atoms with Crippen molar-refractivity contribution >= 4 is 21.7 Å². The van der Waals surface area contributed by atoms with Gasteiger partial charge in [0.15, 0.2) is 0 Å². The number of nitrogen functional groups attached to an aromatic ring is 1. The molecule has 0 spiro atoms. The monoisotopic (exact) mass is 358 g/mol. The summed E-state index contributed by atoms with van der Waals surface area (Å²) in [5.41, 5.74) is 7.79. The molecule has 0 atom stereocenters. The van der Waals surface area contributed by atoms with Crippen LogP contribution in [0.4, 0.5) is 11.5 Å². The van der Waals surface area contributed by atoms with E-state index in [4.69, 9.17) is 5.73 Å². The second kappa shape index (κ2) is 6.54. The van der Waals surface area contributed by atoms with Crippen LogP contribution in [-0.2, 0) is 10.2 Å². The van der Waals surface area contributed by atoms with Crippen molar-refractivity contribution in [1.82, 2.24) is 18.8 Å². The van der Waals surface area contributed by atoms with E-state index in [0.717, 1.165) is 15.6 Å². The minimum atomic E-state index is -3.57. The zero-order chi connectivity index (χ0) is 18.0. The van der Waals surface area contributed by atoms with Crippen molar-refractivity contribution in [3.8, 4) is 17.1 Å². The topological polar surface area (TPSA) is 106 Å². The maximum absolute atomic E-state index is 12.0. The molecular weight excluding hydrogens is 340 g/mol. The molecule has 2 heterocycles. The summed E-state index contributed by atoms with van der Waals surface area (Å²) >= 11 is 0. The summed E-state index contributed by atoms with van der Waals surface area (Å²) in [6.07, 6.45) is 5.08. The Labute approximate surface area is 146 Å². The average Bonchev–Trinajstić information content (AvgIpc) is 3.04. The summed E-state index contributed by atoms with van der Waals surface area (Å²) in [5, 5.41) is 0. The molecule has 2 aromatic heterocycles. The second-order valence-corrected chi connectivity index (χ2v) is 7.41. The Hall–Kier alpha value is -2.91. The maximum atomic E-state index is 12.0. The van der Waals surface area contributed by atoms with Gasteiger partial charge in [-0.15, -0.1) is 0 Å². The van der Waals surface area contributed by atoms with E-state index in [1.54, 1.807) is 42.9 Å². The van der Waals surface area contributed by atoms with Crippen molar-refractivity contribution in [2.75, 3.05) is 24.6 Å². The van der Waals surface area contributed by atoms with Crippen molar-refractivity contribution in [2.24, 2.45) is 0 Å². The van der Waals surface area contributed by atoms with Gasteiger partial charge in [0.25, 0.3) is 0 Å². The van der Waals surface area contributed by atoms with Gasteiger partial charge < -0.3 is 5.73 Å². The molecule has 1 aromatic carbocycles. The molecule has 0 aliphatic rings. The maximum Gasteiger partial charge on any atom is 0.301 e. The fourth-order valence-electron chi connectivity index (χ4n) is 2.27. The van der Waals surface area contributed by atoms with Crippen LogP contribution in [0.5, 0.6) is 0 Å². The number of benzene rings is 1. The summed E-state index contributed by atoms with van der Waals surface area (Å²) in [6.45, 7) is 0. The molecule has 3 N–H and O–H groups in total. The third kappa shape index (κ3) is 3.62. The number of pyridine rings is 1. The fraction of sp³-hybridized carbons (Fsp3) is 0.125. The van der Waals surface area contributed by atoms with Gasteiger partial charge in [0.2, 0.25) is 0 Å². The zero-order valence-corrected chi connectivity index (χ0v) is 14.6. The zero-order valence-electron chi connectivity index (χ0n) is 13.8. The molecule has 0 aliphatic carbocycles. The largest absolute Gasteiger partial charge is 0.384 e. The van der Waals surface area contributed by atoms with Crippen molar-refractivity contribution in [2.45, 2.75) is 0 Å². The Bertz CT molecular complexity index is 997. The van der Waals surface area contributed by atoms with Crippen LogP contribution >= 0.6 is 0 Å². The highest BCUT2D eigenvalue weighted by Crippen LogP contribution is 2.24. The highest BCUT2D eigenvalue weighted by atomic mass is 32.2. The van der Waals surface area contributed by atoms with Gasteiger partial charge in [0.1, 0.15) is 11.6 Å². The Balaban J connectivity index is 1.99. The van der Waals surface area contributed by atoms with Gasteiger partial charge >= 0.3 is 10.2 Å². The molecule has 25 heavy (non-hydrogen) atoms. The summed E-state index contributed by atoms with van der Waals surface area (Å²) in [7, 11) is -0.639. The van der Waals surface area contributed by atoms with Gasteiger partial charge in [-0.05, 0) is 30.3 Å². The average molecular weight is 358 g/mol. The molecule has 0 radical (unpaired) electrons. The van der Waals surface area contributed by atoms with Crippen molar-refractivity contribution in [1.29, 1.82) is 0 Å². The van der Waals surface area contributed by atoms with Crippen LogP contribution in [0, 0.1) is 0 Å². The number of hydrogen-bond acceptors (Lipinski definition) is 5. The Kier molecular flexibility index (Phi) is 4.43. The predicted octanol–water partition coefficient (Wildman–Crippen LogP) is 1.73. The van der Waals surface area contributed by atoms with Crippen molar-refractivity contribution in [3.63, 3.8) is 0 Å². The van der Waals surface area contributed by atoms with Gasteiger partial charge in [-0.3, -0.25) is 9.29 Å². The minimum Gasteiger partial charge on any atom is -0.384 e. The first-order chi connectivity index (χ1) is 11.9. The van der Waals surface area contributed by atoms with Crippen LogP contribution in [0.3, 0.4) is 0 Å². The number of hydrogen-bond donors (Lipinski definition) is 2. The van der Waals surface area contributed by atoms with E-state index in [1.165, 1.54) is 14.1 Å². The summed E-state index contributed by atoms with van der Waals surface area (Å²) < 4.78 is 29.5. The molecule has 3 rings (SSSR count). The highest BCUT2D eigenvalue weighted by Gasteiger charge is 2.14. The number of nitrogens with zero attached hydrogens (tertiary/aromatic N) is 4. The van der Waals surface area contributed by atoms with Crippen molar-refractivity contribution in [3.05, 3.63) is 55.0 Å². The third-order valence-electron chi connectivity index (χ3n) is 3.53. The molecule has 0 unspecified atom stereocenters. The number of aromatic nitrogens is 3. The number of rotatable bonds is 5. The molecule has 0 amide bonds. The second-order valence-electron chi connectivity index (χ2n) is 5.53. The molecule has 130 valence electrons. The number of nitrogens with two attached hydrogens (primary N) is 1. The lowest BCUT2D eigenvalue weighted by molar-refractivity contribution is 0.527. The lowest BCUT2D eigenvalue weighted by Gasteiger charge is -2.15. The van der Waals surface area contributed by atoms with Crippen molar-refractivity contribution < 1.29 is 8.42 Å². The molecule has 0 saturated heterocycles. The highest BCUT2D eigenvalue weighted by molar-refractivity contribution is 7.90. The molecular formula is C16H18N6O2S. The van der Waals surface area contributed by atoms with E-state index in [1.807, 2.05) is 16.7 Å². The minimum absolute atomic E-state index is 0.402. The van der Waals surface area contributed by atoms with Crippen LogP contribution in [0.15, 0.2) is 55.0 Å². The third-order valence-corrected chi connectivity index (χ3v) is 4.99. The van der Waals surface area contributed by atoms with E-state index < -0.39 is 10.2 Å². The Morgan fingerprint density at radius 1 is 1.12 bits per heavy atom. The molecule has 3 aromatic rings. The molecule has 9 heteroatoms. The summed E-state index contributed by atoms with van der Waals surface area (Å²) in [5.74, 6) is 1.08. The van der Waals surface area contributed by atoms with Gasteiger partial charge in [-0.25, -0.2) is 9.97 Å². The van der Waals surface area contributed by atoms with Gasteiger partial charge in [-0.1, -0.05) is 6.07 Å². The van der Waals surface area contributed by atoms with Gasteiger partial charge in [0, 0.05) is 43.9 Å². The molecule has 0 saturated carbocycles. The summed E-state index contributed by atoms with van der Waals surface area (Å²) in [4.78, 5) is 8.35. The number of anilines is 2. The predicted molar refractivity (Wildman–Crippen MR) is 97.4 cm³/mol. The Morgan fingerprint density at radius 2 is 1.92 bits per heavy atom. The van der Waals surface area contributed by atoms with E-state index >= 15 is 0 Å². The number of nitrogens with one attached hydrogen (secondary N) is 1. The lowest BCUT2D eigenvalue weighted by atomic mass is 10.2. The molecule has 0 fully saturated rings. The molecule has 0 bridgehead atoms. The van der Waals surface area contributed by atoms with Crippen LogP contribution in [0.2, 0.25) is 0 Å². The molecule has 8 nitrogen and oxygen atoms in total. The van der Waals surface area contributed by atoms with E-state index in [2.05, 4.69) is 14.7 Å². The normalized spacial score (nSPS) is 11.6. The summed E-state index contributed by atoms with van der Waals surface area (Å²) in [6, 6.07) is 10.6. The first-order valence-corrected chi connectivity index (χ1v) is 8.87. The quantitative estimate of drug-likeness (QED) is 0.722. The van der Waals surface area contributed by atoms with Gasteiger partial charge in [0.05, 0.1) is 5.69 Å². The van der Waals surface area contributed by atoms with E-state index in [0.29, 0.717) is 17.3 Å². The van der Waals surface area contributed by atoms with E-state index in [-0.39, 0.29) is 0 Å². The van der Waals surface area contributed by atoms with Gasteiger partial charge in [-0.2, -0.15) is 12.7 Å². The van der Waals surface area contributed by atoms with E-state index in [9.17, 15) is 8.42 Å². The van der Waals surface area contributed by atoms with Crippen LogP contribution in [-0.4, -0.2) is 41.4 Å². The smallest absolute Gasteiger partial charge is 0.301 e. The lowest BCUT2D eigenvalue weighted by Crippen LogP contribution is -2.28. The SMILES string of the molecule is CN(C)S(=O)(=O)Nc1cccc(-n2ccnc2-c2ccnc(N)c2)c1. The van der Waals surface area contributed by atoms with Crippen LogP contribution < -0.4 is 10.5 Å². The fourth-order valence-corrected chi connectivity index (χ4v) is 2.88. The number of imidazole rings is 1. The molecule has 0 aliphatic heterocycles. The standard InChI is InChI=1S/C16H18N6O2S/c1-21(2)25(23,24)20-13-4-3-5-14(11-13)22-9-8-19-16(22)12-6-7-18-15(17)10-12/h3-11,20H,1-2H3,(H2,17,18). The first kappa shape index (κ1) is 16.9. The van der Waals surface area contributed by atoms with Crippen LogP contribution in [0.1, 0.15) is 0 Å². The van der Waals surface area contributed by atoms with Crippen LogP contribution in [0.25, 0.3) is 17.1 Å². The Morgan fingerprint density at radius 3 is 2.64 bits per heavy atom. The first-order valence-electron chi connectivity index (χ1n) is 7.43.